The smallest absolute Gasteiger partial charge is 0.246 e. The largest absolute Gasteiger partial charge is 0.493 e. The summed E-state index contributed by atoms with van der Waals surface area (Å²) in [5.74, 6) is 0.850. The summed E-state index contributed by atoms with van der Waals surface area (Å²) in [4.78, 5) is 13.6. The maximum atomic E-state index is 12.2. The summed E-state index contributed by atoms with van der Waals surface area (Å²) in [5, 5.41) is 9.00. The molecule has 1 aromatic carbocycles. The van der Waals surface area contributed by atoms with Gasteiger partial charge in [0, 0.05) is 18.8 Å². The Kier molecular flexibility index (Phi) is 4.38. The number of anilines is 1. The number of hydrogen-bond donors (Lipinski definition) is 0. The zero-order chi connectivity index (χ0) is 14.6. The summed E-state index contributed by atoms with van der Waals surface area (Å²) in [6.07, 6.45) is 0. The second-order valence-corrected chi connectivity index (χ2v) is 4.64. The minimum atomic E-state index is -1.07. The highest BCUT2D eigenvalue weighted by atomic mass is 16.5. The molecule has 0 aliphatic heterocycles. The molecule has 102 valence electrons. The Morgan fingerprint density at radius 3 is 2.32 bits per heavy atom. The van der Waals surface area contributed by atoms with Gasteiger partial charge in [-0.25, -0.2) is 0 Å². The van der Waals surface area contributed by atoms with Crippen molar-refractivity contribution in [3.05, 3.63) is 18.2 Å². The Labute approximate surface area is 113 Å². The highest BCUT2D eigenvalue weighted by Gasteiger charge is 2.31. The molecule has 0 aliphatic rings. The van der Waals surface area contributed by atoms with Gasteiger partial charge in [0.1, 0.15) is 5.41 Å². The van der Waals surface area contributed by atoms with Crippen LogP contribution in [0.5, 0.6) is 11.5 Å². The molecular weight excluding hydrogens is 244 g/mol. The molecule has 0 bridgehead atoms. The third-order valence-corrected chi connectivity index (χ3v) is 2.87. The molecule has 0 radical (unpaired) electrons. The molecule has 0 spiro atoms. The van der Waals surface area contributed by atoms with Crippen LogP contribution in [0.4, 0.5) is 5.69 Å². The van der Waals surface area contributed by atoms with E-state index >= 15 is 0 Å². The predicted octanol–water partition coefficient (Wildman–Crippen LogP) is 2.22. The lowest BCUT2D eigenvalue weighted by Crippen LogP contribution is -2.37. The average Bonchev–Trinajstić information content (AvgIpc) is 2.44. The quantitative estimate of drug-likeness (QED) is 0.834. The Balaban J connectivity index is 3.11. The highest BCUT2D eigenvalue weighted by Crippen LogP contribution is 2.32. The van der Waals surface area contributed by atoms with Gasteiger partial charge in [0.2, 0.25) is 5.91 Å². The number of carbonyl (C=O) groups is 1. The third-order valence-electron chi connectivity index (χ3n) is 2.87. The van der Waals surface area contributed by atoms with E-state index in [1.165, 1.54) is 12.0 Å². The van der Waals surface area contributed by atoms with Gasteiger partial charge in [-0.15, -0.1) is 0 Å². The molecule has 0 aromatic heterocycles. The van der Waals surface area contributed by atoms with E-state index in [0.717, 1.165) is 0 Å². The molecular formula is C14H18N2O3. The monoisotopic (exact) mass is 262 g/mol. The molecule has 0 saturated carbocycles. The van der Waals surface area contributed by atoms with Crippen LogP contribution in [-0.2, 0) is 4.79 Å². The van der Waals surface area contributed by atoms with Crippen LogP contribution in [0.3, 0.4) is 0 Å². The van der Waals surface area contributed by atoms with Gasteiger partial charge in [-0.2, -0.15) is 5.26 Å². The molecule has 1 rings (SSSR count). The third kappa shape index (κ3) is 2.97. The Morgan fingerprint density at radius 2 is 1.84 bits per heavy atom. The molecule has 0 aliphatic carbocycles. The number of nitriles is 1. The van der Waals surface area contributed by atoms with Crippen molar-refractivity contribution in [2.45, 2.75) is 13.8 Å². The Morgan fingerprint density at radius 1 is 1.26 bits per heavy atom. The van der Waals surface area contributed by atoms with Crippen molar-refractivity contribution in [1.29, 1.82) is 5.26 Å². The van der Waals surface area contributed by atoms with E-state index in [-0.39, 0.29) is 5.91 Å². The average molecular weight is 262 g/mol. The molecule has 0 saturated heterocycles. The van der Waals surface area contributed by atoms with Crippen molar-refractivity contribution in [3.63, 3.8) is 0 Å². The fourth-order valence-corrected chi connectivity index (χ4v) is 1.62. The summed E-state index contributed by atoms with van der Waals surface area (Å²) < 4.78 is 10.3. The minimum Gasteiger partial charge on any atom is -0.493 e. The fraction of sp³-hybridized carbons (Fsp3) is 0.429. The topological polar surface area (TPSA) is 62.6 Å². The molecule has 0 unspecified atom stereocenters. The molecule has 19 heavy (non-hydrogen) atoms. The van der Waals surface area contributed by atoms with Gasteiger partial charge in [-0.3, -0.25) is 4.79 Å². The van der Waals surface area contributed by atoms with Crippen molar-refractivity contribution in [2.75, 3.05) is 26.2 Å². The summed E-state index contributed by atoms with van der Waals surface area (Å²) in [6, 6.07) is 7.16. The van der Waals surface area contributed by atoms with Crippen LogP contribution < -0.4 is 14.4 Å². The number of hydrogen-bond acceptors (Lipinski definition) is 4. The van der Waals surface area contributed by atoms with Crippen LogP contribution in [0.1, 0.15) is 13.8 Å². The molecule has 1 amide bonds. The van der Waals surface area contributed by atoms with Crippen molar-refractivity contribution < 1.29 is 14.3 Å². The summed E-state index contributed by atoms with van der Waals surface area (Å²) in [5.41, 5.74) is -0.423. The van der Waals surface area contributed by atoms with Crippen LogP contribution in [0, 0.1) is 16.7 Å². The van der Waals surface area contributed by atoms with E-state index in [1.54, 1.807) is 46.2 Å². The SMILES string of the molecule is COc1ccc(N(C)C(=O)C(C)(C)C#N)cc1OC. The maximum absolute atomic E-state index is 12.2. The lowest BCUT2D eigenvalue weighted by Gasteiger charge is -2.24. The van der Waals surface area contributed by atoms with E-state index in [0.29, 0.717) is 17.2 Å². The number of ether oxygens (including phenoxy) is 2. The van der Waals surface area contributed by atoms with E-state index in [4.69, 9.17) is 14.7 Å². The fourth-order valence-electron chi connectivity index (χ4n) is 1.62. The minimum absolute atomic E-state index is 0.276. The van der Waals surface area contributed by atoms with Crippen LogP contribution in [0.15, 0.2) is 18.2 Å². The molecule has 0 heterocycles. The molecule has 5 nitrogen and oxygen atoms in total. The number of nitrogens with zero attached hydrogens (tertiary/aromatic N) is 2. The summed E-state index contributed by atoms with van der Waals surface area (Å²) in [7, 11) is 4.70. The van der Waals surface area contributed by atoms with E-state index < -0.39 is 5.41 Å². The predicted molar refractivity (Wildman–Crippen MR) is 72.4 cm³/mol. The number of rotatable bonds is 4. The Bertz CT molecular complexity index is 518. The molecule has 0 fully saturated rings. The number of benzene rings is 1. The lowest BCUT2D eigenvalue weighted by atomic mass is 9.94. The molecule has 0 atom stereocenters. The standard InChI is InChI=1S/C14H18N2O3/c1-14(2,9-15)13(17)16(3)10-6-7-11(18-4)12(8-10)19-5/h6-8H,1-5H3. The van der Waals surface area contributed by atoms with Gasteiger partial charge in [-0.1, -0.05) is 0 Å². The molecule has 1 aromatic rings. The van der Waals surface area contributed by atoms with E-state index in [9.17, 15) is 4.79 Å². The van der Waals surface area contributed by atoms with Crippen molar-refractivity contribution in [1.82, 2.24) is 0 Å². The molecule has 0 N–H and O–H groups in total. The first kappa shape index (κ1) is 14.8. The van der Waals surface area contributed by atoms with Crippen LogP contribution in [0.2, 0.25) is 0 Å². The van der Waals surface area contributed by atoms with E-state index in [1.807, 2.05) is 6.07 Å². The zero-order valence-electron chi connectivity index (χ0n) is 11.9. The first-order valence-electron chi connectivity index (χ1n) is 5.78. The van der Waals surface area contributed by atoms with Crippen molar-refractivity contribution >= 4 is 11.6 Å². The van der Waals surface area contributed by atoms with Gasteiger partial charge >= 0.3 is 0 Å². The second-order valence-electron chi connectivity index (χ2n) is 4.64. The second kappa shape index (κ2) is 5.61. The van der Waals surface area contributed by atoms with Gasteiger partial charge in [0.05, 0.1) is 20.3 Å². The van der Waals surface area contributed by atoms with Crippen molar-refractivity contribution in [2.24, 2.45) is 5.41 Å². The van der Waals surface area contributed by atoms with Crippen LogP contribution >= 0.6 is 0 Å². The first-order chi connectivity index (χ1) is 8.87. The zero-order valence-corrected chi connectivity index (χ0v) is 11.9. The normalized spacial score (nSPS) is 10.5. The lowest BCUT2D eigenvalue weighted by molar-refractivity contribution is -0.123. The first-order valence-corrected chi connectivity index (χ1v) is 5.78. The summed E-state index contributed by atoms with van der Waals surface area (Å²) >= 11 is 0. The number of carbonyl (C=O) groups excluding carboxylic acids is 1. The molecule has 5 heteroatoms. The summed E-state index contributed by atoms with van der Waals surface area (Å²) in [6.45, 7) is 3.18. The van der Waals surface area contributed by atoms with Crippen LogP contribution in [-0.4, -0.2) is 27.2 Å². The highest BCUT2D eigenvalue weighted by molar-refractivity contribution is 5.98. The maximum Gasteiger partial charge on any atom is 0.246 e. The van der Waals surface area contributed by atoms with Gasteiger partial charge in [0.25, 0.3) is 0 Å². The number of amides is 1. The van der Waals surface area contributed by atoms with Gasteiger partial charge in [-0.05, 0) is 26.0 Å². The van der Waals surface area contributed by atoms with E-state index in [2.05, 4.69) is 0 Å². The van der Waals surface area contributed by atoms with Gasteiger partial charge in [0.15, 0.2) is 11.5 Å². The van der Waals surface area contributed by atoms with Crippen LogP contribution in [0.25, 0.3) is 0 Å². The Hall–Kier alpha value is -2.22. The van der Waals surface area contributed by atoms with Gasteiger partial charge < -0.3 is 14.4 Å². The number of methoxy groups -OCH3 is 2. The van der Waals surface area contributed by atoms with Crippen molar-refractivity contribution in [3.8, 4) is 17.6 Å².